The summed E-state index contributed by atoms with van der Waals surface area (Å²) in [6.07, 6.45) is -0.178. The summed E-state index contributed by atoms with van der Waals surface area (Å²) in [5.74, 6) is -0.439. The lowest BCUT2D eigenvalue weighted by molar-refractivity contribution is 0.0376. The minimum Gasteiger partial charge on any atom is -0.459 e. The molecule has 0 spiro atoms. The van der Waals surface area contributed by atoms with E-state index in [0.717, 1.165) is 15.7 Å². The standard InChI is InChI=1S/C11H13BrClNO2/c1-5(2)16-11(15)8-6(3)9(12)7(4)14-10(8)13/h5H,1-4H3. The summed E-state index contributed by atoms with van der Waals surface area (Å²) in [6.45, 7) is 7.21. The number of aromatic nitrogens is 1. The van der Waals surface area contributed by atoms with Crippen molar-refractivity contribution in [3.05, 3.63) is 26.4 Å². The maximum Gasteiger partial charge on any atom is 0.341 e. The third-order valence-corrected chi connectivity index (χ3v) is 3.48. The van der Waals surface area contributed by atoms with Crippen LogP contribution in [0.4, 0.5) is 0 Å². The van der Waals surface area contributed by atoms with Crippen LogP contribution in [-0.4, -0.2) is 17.1 Å². The monoisotopic (exact) mass is 305 g/mol. The number of rotatable bonds is 2. The minimum absolute atomic E-state index is 0.178. The largest absolute Gasteiger partial charge is 0.459 e. The van der Waals surface area contributed by atoms with Crippen molar-refractivity contribution in [3.63, 3.8) is 0 Å². The average molecular weight is 307 g/mol. The lowest BCUT2D eigenvalue weighted by Crippen LogP contribution is -2.14. The zero-order valence-electron chi connectivity index (χ0n) is 9.60. The van der Waals surface area contributed by atoms with Gasteiger partial charge in [0.2, 0.25) is 0 Å². The van der Waals surface area contributed by atoms with Gasteiger partial charge in [0, 0.05) is 4.47 Å². The Kier molecular flexibility index (Phi) is 4.33. The van der Waals surface area contributed by atoms with E-state index < -0.39 is 5.97 Å². The zero-order chi connectivity index (χ0) is 12.5. The van der Waals surface area contributed by atoms with Crippen molar-refractivity contribution in [2.45, 2.75) is 33.8 Å². The molecule has 0 bridgehead atoms. The van der Waals surface area contributed by atoms with Crippen LogP contribution in [0, 0.1) is 13.8 Å². The van der Waals surface area contributed by atoms with E-state index in [1.807, 2.05) is 13.8 Å². The molecule has 0 saturated heterocycles. The number of ether oxygens (including phenoxy) is 1. The molecule has 88 valence electrons. The molecular weight excluding hydrogens is 293 g/mol. The van der Waals surface area contributed by atoms with Crippen LogP contribution >= 0.6 is 27.5 Å². The van der Waals surface area contributed by atoms with Crippen LogP contribution < -0.4 is 0 Å². The van der Waals surface area contributed by atoms with E-state index in [0.29, 0.717) is 5.56 Å². The molecule has 1 aromatic rings. The van der Waals surface area contributed by atoms with E-state index in [2.05, 4.69) is 20.9 Å². The van der Waals surface area contributed by atoms with E-state index in [1.165, 1.54) is 0 Å². The van der Waals surface area contributed by atoms with Crippen LogP contribution in [0.2, 0.25) is 5.15 Å². The highest BCUT2D eigenvalue weighted by molar-refractivity contribution is 9.10. The summed E-state index contributed by atoms with van der Waals surface area (Å²) >= 11 is 9.32. The first-order valence-electron chi connectivity index (χ1n) is 4.87. The number of hydrogen-bond donors (Lipinski definition) is 0. The van der Waals surface area contributed by atoms with E-state index >= 15 is 0 Å². The lowest BCUT2D eigenvalue weighted by atomic mass is 10.1. The molecule has 0 aliphatic rings. The van der Waals surface area contributed by atoms with Crippen LogP contribution in [0.5, 0.6) is 0 Å². The number of carbonyl (C=O) groups is 1. The van der Waals surface area contributed by atoms with Gasteiger partial charge in [-0.05, 0) is 49.2 Å². The Morgan fingerprint density at radius 2 is 2.00 bits per heavy atom. The maximum atomic E-state index is 11.8. The first kappa shape index (κ1) is 13.5. The molecule has 0 aromatic carbocycles. The van der Waals surface area contributed by atoms with Crippen molar-refractivity contribution >= 4 is 33.5 Å². The maximum absolute atomic E-state index is 11.8. The summed E-state index contributed by atoms with van der Waals surface area (Å²) in [5, 5.41) is 0.184. The van der Waals surface area contributed by atoms with Crippen LogP contribution in [0.25, 0.3) is 0 Å². The van der Waals surface area contributed by atoms with E-state index in [4.69, 9.17) is 16.3 Å². The Morgan fingerprint density at radius 1 is 1.44 bits per heavy atom. The summed E-state index contributed by atoms with van der Waals surface area (Å²) in [4.78, 5) is 15.9. The molecule has 1 rings (SSSR count). The van der Waals surface area contributed by atoms with Crippen LogP contribution in [0.3, 0.4) is 0 Å². The fourth-order valence-electron chi connectivity index (χ4n) is 1.30. The molecule has 3 nitrogen and oxygen atoms in total. The molecule has 0 radical (unpaired) electrons. The van der Waals surface area contributed by atoms with Gasteiger partial charge in [0.25, 0.3) is 0 Å². The fraction of sp³-hybridized carbons (Fsp3) is 0.455. The molecule has 5 heteroatoms. The number of aryl methyl sites for hydroxylation is 1. The van der Waals surface area contributed by atoms with Gasteiger partial charge in [-0.3, -0.25) is 0 Å². The third-order valence-electron chi connectivity index (χ3n) is 2.04. The minimum atomic E-state index is -0.439. The van der Waals surface area contributed by atoms with E-state index in [1.54, 1.807) is 13.8 Å². The van der Waals surface area contributed by atoms with Crippen molar-refractivity contribution in [2.75, 3.05) is 0 Å². The molecule has 1 heterocycles. The third kappa shape index (κ3) is 2.74. The summed E-state index contributed by atoms with van der Waals surface area (Å²) < 4.78 is 5.89. The summed E-state index contributed by atoms with van der Waals surface area (Å²) in [6, 6.07) is 0. The number of carbonyl (C=O) groups excluding carboxylic acids is 1. The Labute approximate surface area is 108 Å². The Bertz CT molecular complexity index is 432. The van der Waals surface area contributed by atoms with Gasteiger partial charge in [-0.15, -0.1) is 0 Å². The number of hydrogen-bond acceptors (Lipinski definition) is 3. The molecule has 0 amide bonds. The molecule has 0 aliphatic heterocycles. The van der Waals surface area contributed by atoms with Crippen molar-refractivity contribution < 1.29 is 9.53 Å². The predicted octanol–water partition coefficient (Wildman–Crippen LogP) is 3.68. The quantitative estimate of drug-likeness (QED) is 0.618. The van der Waals surface area contributed by atoms with E-state index in [9.17, 15) is 4.79 Å². The Balaban J connectivity index is 3.24. The SMILES string of the molecule is Cc1nc(Cl)c(C(=O)OC(C)C)c(C)c1Br. The second-order valence-corrected chi connectivity index (χ2v) is 4.91. The van der Waals surface area contributed by atoms with Gasteiger partial charge in [-0.1, -0.05) is 11.6 Å². The number of halogens is 2. The van der Waals surface area contributed by atoms with Crippen LogP contribution in [0.15, 0.2) is 4.47 Å². The molecule has 0 N–H and O–H groups in total. The molecule has 0 saturated carbocycles. The molecular formula is C11H13BrClNO2. The summed E-state index contributed by atoms with van der Waals surface area (Å²) in [5.41, 5.74) is 1.83. The highest BCUT2D eigenvalue weighted by Gasteiger charge is 2.20. The van der Waals surface area contributed by atoms with Gasteiger partial charge in [0.15, 0.2) is 0 Å². The number of pyridine rings is 1. The van der Waals surface area contributed by atoms with Crippen molar-refractivity contribution in [1.82, 2.24) is 4.98 Å². The molecule has 0 fully saturated rings. The van der Waals surface area contributed by atoms with Crippen molar-refractivity contribution in [1.29, 1.82) is 0 Å². The van der Waals surface area contributed by atoms with Gasteiger partial charge in [-0.25, -0.2) is 9.78 Å². The lowest BCUT2D eigenvalue weighted by Gasteiger charge is -2.13. The predicted molar refractivity (Wildman–Crippen MR) is 67.0 cm³/mol. The highest BCUT2D eigenvalue weighted by atomic mass is 79.9. The smallest absolute Gasteiger partial charge is 0.341 e. The van der Waals surface area contributed by atoms with Crippen molar-refractivity contribution in [3.8, 4) is 0 Å². The molecule has 16 heavy (non-hydrogen) atoms. The summed E-state index contributed by atoms with van der Waals surface area (Å²) in [7, 11) is 0. The average Bonchev–Trinajstić information content (AvgIpc) is 2.13. The Morgan fingerprint density at radius 3 is 2.50 bits per heavy atom. The molecule has 0 unspecified atom stereocenters. The fourth-order valence-corrected chi connectivity index (χ4v) is 1.93. The second kappa shape index (κ2) is 5.15. The van der Waals surface area contributed by atoms with Gasteiger partial charge in [0.05, 0.1) is 11.8 Å². The van der Waals surface area contributed by atoms with Gasteiger partial charge in [-0.2, -0.15) is 0 Å². The van der Waals surface area contributed by atoms with Gasteiger partial charge >= 0.3 is 5.97 Å². The van der Waals surface area contributed by atoms with Gasteiger partial charge in [0.1, 0.15) is 10.7 Å². The zero-order valence-corrected chi connectivity index (χ0v) is 11.9. The van der Waals surface area contributed by atoms with Gasteiger partial charge < -0.3 is 4.74 Å². The van der Waals surface area contributed by atoms with E-state index in [-0.39, 0.29) is 11.3 Å². The molecule has 0 atom stereocenters. The van der Waals surface area contributed by atoms with Crippen LogP contribution in [-0.2, 0) is 4.74 Å². The molecule has 1 aromatic heterocycles. The molecule has 0 aliphatic carbocycles. The topological polar surface area (TPSA) is 39.2 Å². The highest BCUT2D eigenvalue weighted by Crippen LogP contribution is 2.28. The van der Waals surface area contributed by atoms with Crippen LogP contribution in [0.1, 0.15) is 35.5 Å². The first-order valence-corrected chi connectivity index (χ1v) is 6.04. The normalized spacial score (nSPS) is 10.7. The second-order valence-electron chi connectivity index (χ2n) is 3.76. The number of nitrogens with zero attached hydrogens (tertiary/aromatic N) is 1. The Hall–Kier alpha value is -0.610. The number of esters is 1. The van der Waals surface area contributed by atoms with Crippen molar-refractivity contribution in [2.24, 2.45) is 0 Å². The first-order chi connectivity index (χ1) is 7.34.